The van der Waals surface area contributed by atoms with E-state index in [-0.39, 0.29) is 23.7 Å². The van der Waals surface area contributed by atoms with Crippen LogP contribution in [0.1, 0.15) is 53.4 Å². The average Bonchev–Trinajstić information content (AvgIpc) is 2.70. The first-order valence-electron chi connectivity index (χ1n) is 10.4. The first-order chi connectivity index (χ1) is 14.4. The normalized spacial score (nSPS) is 11.8. The number of rotatable bonds is 11. The molecule has 5 nitrogen and oxygen atoms in total. The molecule has 1 aromatic heterocycles. The number of hydrogen-bond acceptors (Lipinski definition) is 5. The topological polar surface area (TPSA) is 68.9 Å². The molecule has 0 saturated carbocycles. The van der Waals surface area contributed by atoms with E-state index in [2.05, 4.69) is 32.9 Å². The zero-order chi connectivity index (χ0) is 21.9. The summed E-state index contributed by atoms with van der Waals surface area (Å²) in [6.45, 7) is 8.87. The molecule has 0 atom stereocenters. The van der Waals surface area contributed by atoms with E-state index in [1.165, 1.54) is 5.57 Å². The second-order valence-corrected chi connectivity index (χ2v) is 7.40. The lowest BCUT2D eigenvalue weighted by atomic mass is 10.1. The van der Waals surface area contributed by atoms with Gasteiger partial charge >= 0.3 is 5.63 Å². The zero-order valence-electron chi connectivity index (χ0n) is 18.4. The number of ether oxygens (including phenoxy) is 2. The molecule has 1 N–H and O–H groups in total. The molecular formula is C25H32O5. The van der Waals surface area contributed by atoms with Crippen LogP contribution in [-0.4, -0.2) is 18.3 Å². The van der Waals surface area contributed by atoms with Gasteiger partial charge in [0.15, 0.2) is 17.1 Å². The molecule has 0 aliphatic carbocycles. The van der Waals surface area contributed by atoms with Crippen LogP contribution in [0.25, 0.3) is 11.0 Å². The predicted molar refractivity (Wildman–Crippen MR) is 122 cm³/mol. The number of benzene rings is 1. The van der Waals surface area contributed by atoms with Gasteiger partial charge in [-0.25, -0.2) is 4.79 Å². The number of hydrogen-bond donors (Lipinski definition) is 1. The smallest absolute Gasteiger partial charge is 0.383 e. The van der Waals surface area contributed by atoms with Gasteiger partial charge in [-0.15, -0.1) is 0 Å². The van der Waals surface area contributed by atoms with E-state index < -0.39 is 5.63 Å². The van der Waals surface area contributed by atoms with Gasteiger partial charge in [0, 0.05) is 0 Å². The molecule has 2 aromatic rings. The Morgan fingerprint density at radius 1 is 1.10 bits per heavy atom. The van der Waals surface area contributed by atoms with Crippen LogP contribution >= 0.6 is 0 Å². The van der Waals surface area contributed by atoms with Crippen LogP contribution < -0.4 is 15.1 Å². The second-order valence-electron chi connectivity index (χ2n) is 7.40. The highest BCUT2D eigenvalue weighted by molar-refractivity contribution is 5.89. The number of fused-ring (bicyclic) bond motifs is 1. The third-order valence-electron chi connectivity index (χ3n) is 4.52. The zero-order valence-corrected chi connectivity index (χ0v) is 18.4. The number of allylic oxidation sites excluding steroid dienone is 4. The standard InChI is InChI=1S/C25H32O5/c1-5-6-7-8-16-28-21-14-10-13-20-22(26)24(25(27)30-23(20)21)29-17-15-19(4)12-9-11-18(2)3/h6-7,10-11,13-15,26H,5,8-9,12,16-17H2,1-4H3. The summed E-state index contributed by atoms with van der Waals surface area (Å²) in [5, 5.41) is 11.0. The summed E-state index contributed by atoms with van der Waals surface area (Å²) in [7, 11) is 0. The minimum Gasteiger partial charge on any atom is -0.504 e. The summed E-state index contributed by atoms with van der Waals surface area (Å²) in [6, 6.07) is 5.13. The van der Waals surface area contributed by atoms with Crippen molar-refractivity contribution in [3.05, 3.63) is 64.1 Å². The Bertz CT molecular complexity index is 975. The Labute approximate surface area is 178 Å². The van der Waals surface area contributed by atoms with E-state index >= 15 is 0 Å². The van der Waals surface area contributed by atoms with Gasteiger partial charge in [-0.1, -0.05) is 42.4 Å². The van der Waals surface area contributed by atoms with Crippen molar-refractivity contribution in [2.45, 2.75) is 53.4 Å². The molecule has 0 spiro atoms. The number of para-hydroxylation sites is 1. The van der Waals surface area contributed by atoms with Crippen LogP contribution in [0, 0.1) is 0 Å². The SMILES string of the molecule is CCC=CCCOc1cccc2c(O)c(OCC=C(C)CCC=C(C)C)c(=O)oc12. The van der Waals surface area contributed by atoms with E-state index in [0.717, 1.165) is 31.3 Å². The van der Waals surface area contributed by atoms with Crippen molar-refractivity contribution in [1.29, 1.82) is 0 Å². The van der Waals surface area contributed by atoms with Crippen LogP contribution in [-0.2, 0) is 0 Å². The summed E-state index contributed by atoms with van der Waals surface area (Å²) < 4.78 is 16.7. The molecule has 162 valence electrons. The highest BCUT2D eigenvalue weighted by Crippen LogP contribution is 2.35. The first kappa shape index (κ1) is 23.3. The summed E-state index contributed by atoms with van der Waals surface area (Å²) in [5.41, 5.74) is 1.95. The van der Waals surface area contributed by atoms with E-state index in [4.69, 9.17) is 13.9 Å². The van der Waals surface area contributed by atoms with Crippen molar-refractivity contribution in [2.75, 3.05) is 13.2 Å². The van der Waals surface area contributed by atoms with Gasteiger partial charge in [0.2, 0.25) is 5.75 Å². The monoisotopic (exact) mass is 412 g/mol. The van der Waals surface area contributed by atoms with Gasteiger partial charge in [0.1, 0.15) is 6.61 Å². The lowest BCUT2D eigenvalue weighted by Gasteiger charge is -2.10. The molecule has 30 heavy (non-hydrogen) atoms. The highest BCUT2D eigenvalue weighted by atomic mass is 16.5. The van der Waals surface area contributed by atoms with Crippen molar-refractivity contribution >= 4 is 11.0 Å². The molecule has 0 amide bonds. The Kier molecular flexibility index (Phi) is 9.26. The van der Waals surface area contributed by atoms with Gasteiger partial charge < -0.3 is 19.0 Å². The maximum atomic E-state index is 12.4. The van der Waals surface area contributed by atoms with Crippen LogP contribution in [0.3, 0.4) is 0 Å². The molecule has 2 rings (SSSR count). The third kappa shape index (κ3) is 6.83. The van der Waals surface area contributed by atoms with Crippen LogP contribution in [0.4, 0.5) is 0 Å². The maximum absolute atomic E-state index is 12.4. The van der Waals surface area contributed by atoms with Crippen molar-refractivity contribution in [2.24, 2.45) is 0 Å². The Hall–Kier alpha value is -2.95. The molecule has 1 aromatic carbocycles. The Morgan fingerprint density at radius 3 is 2.63 bits per heavy atom. The molecule has 0 unspecified atom stereocenters. The van der Waals surface area contributed by atoms with Crippen LogP contribution in [0.15, 0.2) is 62.9 Å². The van der Waals surface area contributed by atoms with Crippen molar-refractivity contribution in [3.63, 3.8) is 0 Å². The third-order valence-corrected chi connectivity index (χ3v) is 4.52. The Morgan fingerprint density at radius 2 is 1.90 bits per heavy atom. The predicted octanol–water partition coefficient (Wildman–Crippen LogP) is 6.31. The molecule has 0 fully saturated rings. The Balaban J connectivity index is 2.12. The van der Waals surface area contributed by atoms with Gasteiger partial charge in [-0.05, 0) is 64.7 Å². The van der Waals surface area contributed by atoms with E-state index in [1.807, 2.05) is 19.1 Å². The van der Waals surface area contributed by atoms with Gasteiger partial charge in [0.25, 0.3) is 0 Å². The molecule has 0 bridgehead atoms. The fourth-order valence-electron chi connectivity index (χ4n) is 2.89. The van der Waals surface area contributed by atoms with Crippen molar-refractivity contribution in [1.82, 2.24) is 0 Å². The van der Waals surface area contributed by atoms with Gasteiger partial charge in [-0.3, -0.25) is 0 Å². The number of aromatic hydroxyl groups is 1. The molecule has 0 saturated heterocycles. The quantitative estimate of drug-likeness (QED) is 0.266. The molecule has 0 radical (unpaired) electrons. The minimum atomic E-state index is -0.725. The van der Waals surface area contributed by atoms with Crippen LogP contribution in [0.5, 0.6) is 17.2 Å². The fourth-order valence-corrected chi connectivity index (χ4v) is 2.89. The van der Waals surface area contributed by atoms with Crippen molar-refractivity contribution in [3.8, 4) is 17.2 Å². The fraction of sp³-hybridized carbons (Fsp3) is 0.400. The average molecular weight is 413 g/mol. The largest absolute Gasteiger partial charge is 0.504 e. The lowest BCUT2D eigenvalue weighted by molar-refractivity contribution is 0.307. The molecule has 1 heterocycles. The lowest BCUT2D eigenvalue weighted by Crippen LogP contribution is -2.08. The summed E-state index contributed by atoms with van der Waals surface area (Å²) in [5.74, 6) is 0.0124. The summed E-state index contributed by atoms with van der Waals surface area (Å²) in [4.78, 5) is 12.4. The molecule has 0 aliphatic rings. The van der Waals surface area contributed by atoms with Crippen LogP contribution in [0.2, 0.25) is 0 Å². The van der Waals surface area contributed by atoms with E-state index in [1.54, 1.807) is 18.2 Å². The minimum absolute atomic E-state index is 0.182. The van der Waals surface area contributed by atoms with Gasteiger partial charge in [0.05, 0.1) is 12.0 Å². The molecular weight excluding hydrogens is 380 g/mol. The summed E-state index contributed by atoms with van der Waals surface area (Å²) >= 11 is 0. The summed E-state index contributed by atoms with van der Waals surface area (Å²) in [6.07, 6.45) is 11.8. The molecule has 0 aliphatic heterocycles. The first-order valence-corrected chi connectivity index (χ1v) is 10.4. The van der Waals surface area contributed by atoms with Gasteiger partial charge in [-0.2, -0.15) is 0 Å². The molecule has 5 heteroatoms. The van der Waals surface area contributed by atoms with E-state index in [9.17, 15) is 9.90 Å². The second kappa shape index (κ2) is 11.9. The maximum Gasteiger partial charge on any atom is 0.383 e. The van der Waals surface area contributed by atoms with Crippen molar-refractivity contribution < 1.29 is 19.0 Å². The van der Waals surface area contributed by atoms with E-state index in [0.29, 0.717) is 17.7 Å². The highest BCUT2D eigenvalue weighted by Gasteiger charge is 2.17.